The lowest BCUT2D eigenvalue weighted by Crippen LogP contribution is -2.17. The van der Waals surface area contributed by atoms with Gasteiger partial charge in [-0.05, 0) is 31.5 Å². The summed E-state index contributed by atoms with van der Waals surface area (Å²) in [6.45, 7) is 4.25. The van der Waals surface area contributed by atoms with Crippen LogP contribution in [-0.4, -0.2) is 34.0 Å². The van der Waals surface area contributed by atoms with Gasteiger partial charge in [-0.25, -0.2) is 4.68 Å². The van der Waals surface area contributed by atoms with E-state index >= 15 is 0 Å². The number of aryl methyl sites for hydroxylation is 1. The Bertz CT molecular complexity index is 657. The SMILES string of the molecule is CN=CNn1c(C)nnc1CN=C(C)c1ccc(Cl)cc1. The molecule has 2 rings (SSSR count). The van der Waals surface area contributed by atoms with Gasteiger partial charge in [0.15, 0.2) is 5.82 Å². The van der Waals surface area contributed by atoms with Gasteiger partial charge in [0.05, 0.1) is 0 Å². The van der Waals surface area contributed by atoms with Crippen LogP contribution in [0.2, 0.25) is 5.02 Å². The fourth-order valence-corrected chi connectivity index (χ4v) is 1.89. The van der Waals surface area contributed by atoms with Crippen LogP contribution in [0.15, 0.2) is 34.3 Å². The molecule has 0 atom stereocenters. The smallest absolute Gasteiger partial charge is 0.173 e. The highest BCUT2D eigenvalue weighted by molar-refractivity contribution is 6.30. The van der Waals surface area contributed by atoms with E-state index in [9.17, 15) is 0 Å². The van der Waals surface area contributed by atoms with Crippen molar-refractivity contribution in [1.29, 1.82) is 0 Å². The number of nitrogens with one attached hydrogen (secondary N) is 1. The molecule has 0 aliphatic rings. The van der Waals surface area contributed by atoms with Gasteiger partial charge in [0.2, 0.25) is 0 Å². The molecule has 0 fully saturated rings. The van der Waals surface area contributed by atoms with Crippen molar-refractivity contribution in [3.8, 4) is 0 Å². The van der Waals surface area contributed by atoms with E-state index in [4.69, 9.17) is 11.6 Å². The highest BCUT2D eigenvalue weighted by Crippen LogP contribution is 2.11. The van der Waals surface area contributed by atoms with Gasteiger partial charge in [-0.3, -0.25) is 15.4 Å². The van der Waals surface area contributed by atoms with Crippen LogP contribution in [0.5, 0.6) is 0 Å². The second-order valence-corrected chi connectivity index (χ2v) is 4.86. The summed E-state index contributed by atoms with van der Waals surface area (Å²) in [7, 11) is 1.69. The Hall–Kier alpha value is -2.21. The molecule has 1 aromatic heterocycles. The van der Waals surface area contributed by atoms with Gasteiger partial charge in [0.25, 0.3) is 0 Å². The van der Waals surface area contributed by atoms with Crippen LogP contribution in [0, 0.1) is 6.92 Å². The largest absolute Gasteiger partial charge is 0.281 e. The molecule has 0 spiro atoms. The van der Waals surface area contributed by atoms with Gasteiger partial charge in [0.1, 0.15) is 18.7 Å². The summed E-state index contributed by atoms with van der Waals surface area (Å²) in [5.41, 5.74) is 4.95. The fraction of sp³-hybridized carbons (Fsp3) is 0.286. The number of benzene rings is 1. The van der Waals surface area contributed by atoms with Crippen LogP contribution >= 0.6 is 11.6 Å². The summed E-state index contributed by atoms with van der Waals surface area (Å²) < 4.78 is 1.76. The lowest BCUT2D eigenvalue weighted by Gasteiger charge is -2.06. The summed E-state index contributed by atoms with van der Waals surface area (Å²) in [6.07, 6.45) is 1.58. The van der Waals surface area contributed by atoms with E-state index < -0.39 is 0 Å². The minimum absolute atomic E-state index is 0.430. The van der Waals surface area contributed by atoms with Crippen molar-refractivity contribution in [3.05, 3.63) is 46.5 Å². The lowest BCUT2D eigenvalue weighted by atomic mass is 10.1. The third-order valence-corrected chi connectivity index (χ3v) is 3.18. The molecule has 1 N–H and O–H groups in total. The second-order valence-electron chi connectivity index (χ2n) is 4.42. The van der Waals surface area contributed by atoms with Crippen molar-refractivity contribution in [2.75, 3.05) is 12.5 Å². The monoisotopic (exact) mass is 304 g/mol. The lowest BCUT2D eigenvalue weighted by molar-refractivity contribution is 0.812. The minimum atomic E-state index is 0.430. The van der Waals surface area contributed by atoms with E-state index in [1.807, 2.05) is 38.1 Å². The Labute approximate surface area is 128 Å². The van der Waals surface area contributed by atoms with Gasteiger partial charge in [0, 0.05) is 17.8 Å². The number of hydrogen-bond acceptors (Lipinski definition) is 4. The van der Waals surface area contributed by atoms with E-state index in [0.29, 0.717) is 11.6 Å². The molecule has 1 aromatic carbocycles. The quantitative estimate of drug-likeness (QED) is 0.681. The Balaban J connectivity index is 2.15. The van der Waals surface area contributed by atoms with Crippen LogP contribution < -0.4 is 5.43 Å². The van der Waals surface area contributed by atoms with Crippen molar-refractivity contribution in [3.63, 3.8) is 0 Å². The standard InChI is InChI=1S/C14H17ClN6/c1-10(12-4-6-13(15)7-5-12)17-8-14-20-19-11(2)21(14)18-9-16-3/h4-7,9H,8H2,1-3H3,(H,16,18). The van der Waals surface area contributed by atoms with Crippen LogP contribution in [0.1, 0.15) is 24.1 Å². The fourth-order valence-electron chi connectivity index (χ4n) is 1.76. The van der Waals surface area contributed by atoms with Crippen LogP contribution in [0.25, 0.3) is 0 Å². The normalized spacial score (nSPS) is 12.1. The maximum absolute atomic E-state index is 5.88. The predicted octanol–water partition coefficient (Wildman–Crippen LogP) is 2.45. The highest BCUT2D eigenvalue weighted by atomic mass is 35.5. The number of nitrogens with zero attached hydrogens (tertiary/aromatic N) is 5. The molecule has 0 radical (unpaired) electrons. The number of aromatic nitrogens is 3. The van der Waals surface area contributed by atoms with Gasteiger partial charge in [-0.1, -0.05) is 23.7 Å². The van der Waals surface area contributed by atoms with E-state index in [1.54, 1.807) is 18.1 Å². The molecule has 0 unspecified atom stereocenters. The first-order chi connectivity index (χ1) is 10.1. The zero-order chi connectivity index (χ0) is 15.2. The molecule has 6 nitrogen and oxygen atoms in total. The maximum atomic E-state index is 5.88. The van der Waals surface area contributed by atoms with Gasteiger partial charge < -0.3 is 0 Å². The van der Waals surface area contributed by atoms with Crippen molar-refractivity contribution >= 4 is 23.7 Å². The summed E-state index contributed by atoms with van der Waals surface area (Å²) in [4.78, 5) is 8.43. The molecule has 0 bridgehead atoms. The minimum Gasteiger partial charge on any atom is -0.281 e. The van der Waals surface area contributed by atoms with Crippen molar-refractivity contribution in [1.82, 2.24) is 14.9 Å². The van der Waals surface area contributed by atoms with Crippen molar-refractivity contribution in [2.45, 2.75) is 20.4 Å². The first-order valence-electron chi connectivity index (χ1n) is 6.47. The molecule has 21 heavy (non-hydrogen) atoms. The molecule has 0 amide bonds. The van der Waals surface area contributed by atoms with E-state index in [1.165, 1.54) is 0 Å². The van der Waals surface area contributed by atoms with E-state index in [0.717, 1.165) is 22.9 Å². The molecule has 0 saturated heterocycles. The van der Waals surface area contributed by atoms with Crippen molar-refractivity contribution < 1.29 is 0 Å². The molecule has 0 saturated carbocycles. The third-order valence-electron chi connectivity index (χ3n) is 2.93. The number of rotatable bonds is 5. The summed E-state index contributed by atoms with van der Waals surface area (Å²) in [5, 5.41) is 8.86. The van der Waals surface area contributed by atoms with Crippen LogP contribution in [-0.2, 0) is 6.54 Å². The zero-order valence-electron chi connectivity index (χ0n) is 12.2. The molecular weight excluding hydrogens is 288 g/mol. The van der Waals surface area contributed by atoms with Crippen LogP contribution in [0.3, 0.4) is 0 Å². The topological polar surface area (TPSA) is 67.5 Å². The molecule has 0 aliphatic heterocycles. The second kappa shape index (κ2) is 6.99. The third kappa shape index (κ3) is 3.88. The van der Waals surface area contributed by atoms with Crippen molar-refractivity contribution in [2.24, 2.45) is 9.98 Å². The summed E-state index contributed by atoms with van der Waals surface area (Å²) in [6, 6.07) is 7.59. The summed E-state index contributed by atoms with van der Waals surface area (Å²) in [5.74, 6) is 1.48. The summed E-state index contributed by atoms with van der Waals surface area (Å²) >= 11 is 5.88. The molecule has 1 heterocycles. The first kappa shape index (κ1) is 15.2. The van der Waals surface area contributed by atoms with Gasteiger partial charge in [-0.2, -0.15) is 0 Å². The Morgan fingerprint density at radius 1 is 1.33 bits per heavy atom. The molecule has 0 aliphatic carbocycles. The van der Waals surface area contributed by atoms with Gasteiger partial charge >= 0.3 is 0 Å². The average molecular weight is 305 g/mol. The number of hydrogen-bond donors (Lipinski definition) is 1. The van der Waals surface area contributed by atoms with E-state index in [2.05, 4.69) is 25.6 Å². The molecule has 110 valence electrons. The first-order valence-corrected chi connectivity index (χ1v) is 6.84. The predicted molar refractivity (Wildman–Crippen MR) is 85.9 cm³/mol. The number of aliphatic imine (C=N–C) groups is 2. The molecule has 7 heteroatoms. The average Bonchev–Trinajstić information content (AvgIpc) is 2.83. The Morgan fingerprint density at radius 2 is 2.05 bits per heavy atom. The maximum Gasteiger partial charge on any atom is 0.173 e. The molecule has 2 aromatic rings. The Kier molecular flexibility index (Phi) is 5.05. The van der Waals surface area contributed by atoms with Crippen LogP contribution in [0.4, 0.5) is 0 Å². The zero-order valence-corrected chi connectivity index (χ0v) is 13.0. The Morgan fingerprint density at radius 3 is 2.71 bits per heavy atom. The van der Waals surface area contributed by atoms with Gasteiger partial charge in [-0.15, -0.1) is 10.2 Å². The number of halogens is 1. The molecular formula is C14H17ClN6. The highest BCUT2D eigenvalue weighted by Gasteiger charge is 2.07. The van der Waals surface area contributed by atoms with E-state index in [-0.39, 0.29) is 0 Å².